The van der Waals surface area contributed by atoms with Crippen molar-refractivity contribution < 1.29 is 9.59 Å². The van der Waals surface area contributed by atoms with Gasteiger partial charge in [0.2, 0.25) is 11.8 Å². The summed E-state index contributed by atoms with van der Waals surface area (Å²) in [5, 5.41) is 3.40. The smallest absolute Gasteiger partial charge is 0.261 e. The number of piperidine rings is 1. The number of fused-ring (bicyclic) bond motifs is 1. The lowest BCUT2D eigenvalue weighted by Gasteiger charge is -2.31. The molecule has 7 nitrogen and oxygen atoms in total. The second-order valence-corrected chi connectivity index (χ2v) is 8.07. The van der Waals surface area contributed by atoms with Crippen LogP contribution in [0.4, 0.5) is 0 Å². The van der Waals surface area contributed by atoms with Crippen LogP contribution in [0.1, 0.15) is 26.7 Å². The molecule has 0 bridgehead atoms. The summed E-state index contributed by atoms with van der Waals surface area (Å²) in [4.78, 5) is 43.3. The lowest BCUT2D eigenvalue weighted by molar-refractivity contribution is -0.136. The Balaban J connectivity index is 1.65. The number of hydrogen-bond acceptors (Lipinski definition) is 4. The first kappa shape index (κ1) is 19.5. The van der Waals surface area contributed by atoms with Crippen molar-refractivity contribution in [1.29, 1.82) is 0 Å². The zero-order valence-corrected chi connectivity index (χ0v) is 17.0. The molecule has 0 atom stereocenters. The predicted molar refractivity (Wildman–Crippen MR) is 106 cm³/mol. The van der Waals surface area contributed by atoms with Crippen molar-refractivity contribution >= 4 is 38.6 Å². The Labute approximate surface area is 165 Å². The van der Waals surface area contributed by atoms with Crippen LogP contribution >= 0.6 is 15.9 Å². The Morgan fingerprint density at radius 3 is 2.67 bits per heavy atom. The molecule has 0 unspecified atom stereocenters. The van der Waals surface area contributed by atoms with E-state index in [0.717, 1.165) is 4.47 Å². The SMILES string of the molecule is CC(C)NC(=O)C1CCN(C(=O)Cn2cnc3ccc(Br)cc3c2=O)CC1. The van der Waals surface area contributed by atoms with Gasteiger partial charge in [-0.2, -0.15) is 0 Å². The van der Waals surface area contributed by atoms with E-state index in [0.29, 0.717) is 36.8 Å². The van der Waals surface area contributed by atoms with E-state index in [1.807, 2.05) is 19.9 Å². The number of halogens is 1. The summed E-state index contributed by atoms with van der Waals surface area (Å²) in [5.74, 6) is -0.132. The van der Waals surface area contributed by atoms with Gasteiger partial charge in [-0.05, 0) is 44.9 Å². The van der Waals surface area contributed by atoms with Gasteiger partial charge in [0.25, 0.3) is 5.56 Å². The van der Waals surface area contributed by atoms with E-state index in [1.165, 1.54) is 10.9 Å². The molecule has 1 N–H and O–H groups in total. The van der Waals surface area contributed by atoms with Gasteiger partial charge in [-0.1, -0.05) is 15.9 Å². The van der Waals surface area contributed by atoms with Gasteiger partial charge in [0.05, 0.1) is 17.2 Å². The normalized spacial score (nSPS) is 15.3. The predicted octanol–water partition coefficient (Wildman–Crippen LogP) is 1.92. The molecule has 1 aromatic carbocycles. The van der Waals surface area contributed by atoms with Crippen LogP contribution in [-0.4, -0.2) is 45.4 Å². The Kier molecular flexibility index (Phi) is 5.94. The van der Waals surface area contributed by atoms with Crippen molar-refractivity contribution in [3.63, 3.8) is 0 Å². The number of rotatable bonds is 4. The first-order valence-electron chi connectivity index (χ1n) is 9.08. The highest BCUT2D eigenvalue weighted by Gasteiger charge is 2.27. The monoisotopic (exact) mass is 434 g/mol. The van der Waals surface area contributed by atoms with Crippen LogP contribution in [0.5, 0.6) is 0 Å². The van der Waals surface area contributed by atoms with Gasteiger partial charge < -0.3 is 10.2 Å². The highest BCUT2D eigenvalue weighted by molar-refractivity contribution is 9.10. The van der Waals surface area contributed by atoms with Crippen molar-refractivity contribution in [3.05, 3.63) is 39.4 Å². The van der Waals surface area contributed by atoms with Crippen LogP contribution in [0.3, 0.4) is 0 Å². The Morgan fingerprint density at radius 2 is 2.00 bits per heavy atom. The summed E-state index contributed by atoms with van der Waals surface area (Å²) < 4.78 is 2.13. The summed E-state index contributed by atoms with van der Waals surface area (Å²) >= 11 is 3.35. The van der Waals surface area contributed by atoms with Gasteiger partial charge in [0.15, 0.2) is 0 Å². The fourth-order valence-corrected chi connectivity index (χ4v) is 3.64. The average molecular weight is 435 g/mol. The minimum Gasteiger partial charge on any atom is -0.354 e. The number of nitrogens with zero attached hydrogens (tertiary/aromatic N) is 3. The van der Waals surface area contributed by atoms with Crippen molar-refractivity contribution in [2.24, 2.45) is 5.92 Å². The topological polar surface area (TPSA) is 84.3 Å². The molecule has 144 valence electrons. The van der Waals surface area contributed by atoms with Crippen LogP contribution in [-0.2, 0) is 16.1 Å². The van der Waals surface area contributed by atoms with Crippen molar-refractivity contribution in [2.45, 2.75) is 39.3 Å². The van der Waals surface area contributed by atoms with Gasteiger partial charge in [-0.15, -0.1) is 0 Å². The van der Waals surface area contributed by atoms with E-state index in [1.54, 1.807) is 17.0 Å². The van der Waals surface area contributed by atoms with Crippen LogP contribution in [0.2, 0.25) is 0 Å². The summed E-state index contributed by atoms with van der Waals surface area (Å²) in [7, 11) is 0. The van der Waals surface area contributed by atoms with Gasteiger partial charge in [0, 0.05) is 29.5 Å². The fourth-order valence-electron chi connectivity index (χ4n) is 3.28. The highest BCUT2D eigenvalue weighted by atomic mass is 79.9. The standard InChI is InChI=1S/C19H23BrN4O3/c1-12(2)22-18(26)13-5-7-23(8-6-13)17(25)10-24-11-21-16-4-3-14(20)9-15(16)19(24)27/h3-4,9,11-13H,5-8,10H2,1-2H3,(H,22,26). The maximum atomic E-state index is 12.6. The number of amides is 2. The molecule has 1 fully saturated rings. The molecule has 0 saturated carbocycles. The van der Waals surface area contributed by atoms with E-state index in [9.17, 15) is 14.4 Å². The molecule has 27 heavy (non-hydrogen) atoms. The zero-order valence-electron chi connectivity index (χ0n) is 15.4. The Morgan fingerprint density at radius 1 is 1.30 bits per heavy atom. The third-order valence-electron chi connectivity index (χ3n) is 4.74. The lowest BCUT2D eigenvalue weighted by atomic mass is 9.95. The summed E-state index contributed by atoms with van der Waals surface area (Å²) in [6, 6.07) is 5.42. The maximum absolute atomic E-state index is 12.6. The van der Waals surface area contributed by atoms with Crippen LogP contribution in [0.15, 0.2) is 33.8 Å². The number of aromatic nitrogens is 2. The molecule has 2 amide bonds. The number of likely N-dealkylation sites (tertiary alicyclic amines) is 1. The van der Waals surface area contributed by atoms with E-state index in [-0.39, 0.29) is 35.9 Å². The first-order chi connectivity index (χ1) is 12.8. The van der Waals surface area contributed by atoms with Crippen LogP contribution < -0.4 is 10.9 Å². The summed E-state index contributed by atoms with van der Waals surface area (Å²) in [5.41, 5.74) is 0.365. The van der Waals surface area contributed by atoms with Crippen LogP contribution in [0.25, 0.3) is 10.9 Å². The zero-order chi connectivity index (χ0) is 19.6. The summed E-state index contributed by atoms with van der Waals surface area (Å²) in [6.07, 6.45) is 2.70. The second-order valence-electron chi connectivity index (χ2n) is 7.16. The minimum absolute atomic E-state index is 0.0445. The van der Waals surface area contributed by atoms with Crippen LogP contribution in [0, 0.1) is 5.92 Å². The quantitative estimate of drug-likeness (QED) is 0.796. The number of nitrogens with one attached hydrogen (secondary N) is 1. The first-order valence-corrected chi connectivity index (χ1v) is 9.87. The third kappa shape index (κ3) is 4.55. The molecule has 3 rings (SSSR count). The number of carbonyl (C=O) groups excluding carboxylic acids is 2. The molecule has 0 radical (unpaired) electrons. The number of benzene rings is 1. The molecule has 2 heterocycles. The average Bonchev–Trinajstić information content (AvgIpc) is 2.64. The van der Waals surface area contributed by atoms with E-state index >= 15 is 0 Å². The molecule has 0 aliphatic carbocycles. The number of carbonyl (C=O) groups is 2. The molecule has 1 saturated heterocycles. The van der Waals surface area contributed by atoms with Crippen molar-refractivity contribution in [1.82, 2.24) is 19.8 Å². The summed E-state index contributed by atoms with van der Waals surface area (Å²) in [6.45, 7) is 4.87. The molecule has 2 aromatic rings. The maximum Gasteiger partial charge on any atom is 0.261 e. The highest BCUT2D eigenvalue weighted by Crippen LogP contribution is 2.18. The van der Waals surface area contributed by atoms with Gasteiger partial charge in [-0.3, -0.25) is 19.0 Å². The molecule has 1 aliphatic rings. The Hall–Kier alpha value is -2.22. The molecule has 1 aromatic heterocycles. The number of hydrogen-bond donors (Lipinski definition) is 1. The van der Waals surface area contributed by atoms with Gasteiger partial charge in [-0.25, -0.2) is 4.98 Å². The largest absolute Gasteiger partial charge is 0.354 e. The van der Waals surface area contributed by atoms with Gasteiger partial charge in [0.1, 0.15) is 6.54 Å². The lowest BCUT2D eigenvalue weighted by Crippen LogP contribution is -2.45. The van der Waals surface area contributed by atoms with Crippen molar-refractivity contribution in [3.8, 4) is 0 Å². The minimum atomic E-state index is -0.235. The van der Waals surface area contributed by atoms with E-state index in [4.69, 9.17) is 0 Å². The third-order valence-corrected chi connectivity index (χ3v) is 5.23. The Bertz CT molecular complexity index is 917. The molecule has 8 heteroatoms. The van der Waals surface area contributed by atoms with E-state index in [2.05, 4.69) is 26.2 Å². The van der Waals surface area contributed by atoms with Crippen molar-refractivity contribution in [2.75, 3.05) is 13.1 Å². The van der Waals surface area contributed by atoms with E-state index < -0.39 is 0 Å². The molecular formula is C19H23BrN4O3. The van der Waals surface area contributed by atoms with Gasteiger partial charge >= 0.3 is 0 Å². The molecular weight excluding hydrogens is 412 g/mol. The fraction of sp³-hybridized carbons (Fsp3) is 0.474. The second kappa shape index (κ2) is 8.21. The molecule has 1 aliphatic heterocycles. The molecule has 0 spiro atoms.